The highest BCUT2D eigenvalue weighted by atomic mass is 19.3. The molecule has 0 aliphatic carbocycles. The lowest BCUT2D eigenvalue weighted by Crippen LogP contribution is -2.28. The van der Waals surface area contributed by atoms with Gasteiger partial charge in [-0.25, -0.2) is 4.39 Å². The number of alkyl halides is 2. The van der Waals surface area contributed by atoms with Crippen LogP contribution in [-0.4, -0.2) is 24.2 Å². The van der Waals surface area contributed by atoms with E-state index in [1.165, 1.54) is 36.4 Å². The Morgan fingerprint density at radius 3 is 2.26 bits per heavy atom. The van der Waals surface area contributed by atoms with E-state index in [2.05, 4.69) is 10.1 Å². The lowest BCUT2D eigenvalue weighted by Gasteiger charge is -2.13. The van der Waals surface area contributed by atoms with Crippen molar-refractivity contribution in [2.75, 3.05) is 6.54 Å². The molecule has 0 aromatic heterocycles. The molecule has 2 aromatic carbocycles. The molecule has 0 heterocycles. The van der Waals surface area contributed by atoms with Gasteiger partial charge in [0, 0.05) is 12.1 Å². The van der Waals surface area contributed by atoms with Gasteiger partial charge in [-0.05, 0) is 42.0 Å². The fourth-order valence-corrected chi connectivity index (χ4v) is 1.88. The number of aliphatic hydroxyl groups excluding tert-OH is 1. The Hall–Kier alpha value is -2.54. The van der Waals surface area contributed by atoms with E-state index in [0.717, 1.165) is 12.1 Å². The maximum atomic E-state index is 12.8. The van der Waals surface area contributed by atoms with Crippen molar-refractivity contribution in [2.45, 2.75) is 12.7 Å². The Kier molecular flexibility index (Phi) is 5.59. The first-order chi connectivity index (χ1) is 11.0. The summed E-state index contributed by atoms with van der Waals surface area (Å²) < 4.78 is 41.0. The summed E-state index contributed by atoms with van der Waals surface area (Å²) in [5.74, 6) is -0.930. The first kappa shape index (κ1) is 16.8. The number of halogens is 3. The topological polar surface area (TPSA) is 58.6 Å². The number of hydrogen-bond donors (Lipinski definition) is 2. The van der Waals surface area contributed by atoms with Gasteiger partial charge >= 0.3 is 6.61 Å². The highest BCUT2D eigenvalue weighted by Crippen LogP contribution is 2.19. The molecular formula is C16H14F3NO3. The second-order valence-corrected chi connectivity index (χ2v) is 4.68. The molecule has 0 radical (unpaired) electrons. The molecule has 1 unspecified atom stereocenters. The van der Waals surface area contributed by atoms with E-state index in [1.54, 1.807) is 0 Å². The van der Waals surface area contributed by atoms with E-state index in [-0.39, 0.29) is 17.9 Å². The molecule has 2 N–H and O–H groups in total. The molecule has 122 valence electrons. The molecule has 1 amide bonds. The van der Waals surface area contributed by atoms with Crippen LogP contribution in [0, 0.1) is 5.82 Å². The third kappa shape index (κ3) is 5.00. The summed E-state index contributed by atoms with van der Waals surface area (Å²) >= 11 is 0. The van der Waals surface area contributed by atoms with Gasteiger partial charge in [-0.1, -0.05) is 12.1 Å². The van der Waals surface area contributed by atoms with E-state index >= 15 is 0 Å². The van der Waals surface area contributed by atoms with Crippen LogP contribution in [-0.2, 0) is 0 Å². The van der Waals surface area contributed by atoms with Crippen LogP contribution in [0.3, 0.4) is 0 Å². The Balaban J connectivity index is 1.90. The molecule has 0 aliphatic rings. The molecular weight excluding hydrogens is 311 g/mol. The number of benzene rings is 2. The number of hydrogen-bond acceptors (Lipinski definition) is 3. The minimum atomic E-state index is -2.92. The van der Waals surface area contributed by atoms with Gasteiger partial charge in [0.15, 0.2) is 0 Å². The predicted octanol–water partition coefficient (Wildman–Crippen LogP) is 2.89. The number of carbonyl (C=O) groups excluding carboxylic acids is 1. The minimum absolute atomic E-state index is 0.0219. The number of carbonyl (C=O) groups is 1. The van der Waals surface area contributed by atoms with Crippen molar-refractivity contribution in [1.29, 1.82) is 0 Å². The molecule has 23 heavy (non-hydrogen) atoms. The van der Waals surface area contributed by atoms with Gasteiger partial charge in [0.25, 0.3) is 5.91 Å². The molecule has 0 aliphatic heterocycles. The lowest BCUT2D eigenvalue weighted by atomic mass is 10.1. The van der Waals surface area contributed by atoms with Crippen molar-refractivity contribution in [3.8, 4) is 5.75 Å². The summed E-state index contributed by atoms with van der Waals surface area (Å²) in [6, 6.07) is 10.4. The molecule has 1 atom stereocenters. The van der Waals surface area contributed by atoms with Crippen LogP contribution in [0.5, 0.6) is 5.75 Å². The number of amides is 1. The summed E-state index contributed by atoms with van der Waals surface area (Å²) in [6.45, 7) is -2.99. The third-order valence-corrected chi connectivity index (χ3v) is 3.05. The highest BCUT2D eigenvalue weighted by molar-refractivity contribution is 5.94. The van der Waals surface area contributed by atoms with Gasteiger partial charge in [-0.3, -0.25) is 4.79 Å². The van der Waals surface area contributed by atoms with Crippen molar-refractivity contribution in [1.82, 2.24) is 5.32 Å². The smallest absolute Gasteiger partial charge is 0.387 e. The van der Waals surface area contributed by atoms with Crippen LogP contribution in [0.1, 0.15) is 22.0 Å². The number of rotatable bonds is 6. The van der Waals surface area contributed by atoms with Crippen LogP contribution < -0.4 is 10.1 Å². The summed E-state index contributed by atoms with van der Waals surface area (Å²) in [5.41, 5.74) is 0.699. The fraction of sp³-hybridized carbons (Fsp3) is 0.188. The fourth-order valence-electron chi connectivity index (χ4n) is 1.88. The van der Waals surface area contributed by atoms with E-state index in [0.29, 0.717) is 5.56 Å². The van der Waals surface area contributed by atoms with Crippen LogP contribution >= 0.6 is 0 Å². The first-order valence-corrected chi connectivity index (χ1v) is 6.72. The zero-order chi connectivity index (χ0) is 16.8. The quantitative estimate of drug-likeness (QED) is 0.858. The first-order valence-electron chi connectivity index (χ1n) is 6.72. The van der Waals surface area contributed by atoms with Crippen molar-refractivity contribution >= 4 is 5.91 Å². The molecule has 2 rings (SSSR count). The zero-order valence-electron chi connectivity index (χ0n) is 11.9. The van der Waals surface area contributed by atoms with Gasteiger partial charge in [0.1, 0.15) is 11.6 Å². The maximum Gasteiger partial charge on any atom is 0.387 e. The second kappa shape index (κ2) is 7.64. The minimum Gasteiger partial charge on any atom is -0.435 e. The van der Waals surface area contributed by atoms with Crippen molar-refractivity contribution < 1.29 is 27.8 Å². The van der Waals surface area contributed by atoms with Gasteiger partial charge < -0.3 is 15.2 Å². The predicted molar refractivity (Wildman–Crippen MR) is 76.8 cm³/mol. The van der Waals surface area contributed by atoms with E-state index < -0.39 is 24.4 Å². The van der Waals surface area contributed by atoms with Gasteiger partial charge in [-0.2, -0.15) is 8.78 Å². The van der Waals surface area contributed by atoms with Crippen molar-refractivity contribution in [3.63, 3.8) is 0 Å². The average Bonchev–Trinajstić information content (AvgIpc) is 2.53. The van der Waals surface area contributed by atoms with Gasteiger partial charge in [0.2, 0.25) is 0 Å². The zero-order valence-corrected chi connectivity index (χ0v) is 11.9. The highest BCUT2D eigenvalue weighted by Gasteiger charge is 2.12. The maximum absolute atomic E-state index is 12.8. The summed E-state index contributed by atoms with van der Waals surface area (Å²) in [7, 11) is 0. The van der Waals surface area contributed by atoms with Crippen LogP contribution in [0.4, 0.5) is 13.2 Å². The number of ether oxygens (including phenoxy) is 1. The van der Waals surface area contributed by atoms with Crippen LogP contribution in [0.25, 0.3) is 0 Å². The van der Waals surface area contributed by atoms with Gasteiger partial charge in [-0.15, -0.1) is 0 Å². The van der Waals surface area contributed by atoms with E-state index in [4.69, 9.17) is 0 Å². The average molecular weight is 325 g/mol. The van der Waals surface area contributed by atoms with E-state index in [1.807, 2.05) is 0 Å². The number of aliphatic hydroxyl groups is 1. The molecule has 0 fully saturated rings. The second-order valence-electron chi connectivity index (χ2n) is 4.68. The SMILES string of the molecule is O=C(NCC(O)c1ccc(OC(F)F)cc1)c1ccc(F)cc1. The summed E-state index contributed by atoms with van der Waals surface area (Å²) in [5, 5.41) is 12.5. The molecule has 4 nitrogen and oxygen atoms in total. The molecule has 0 bridgehead atoms. The Morgan fingerprint density at radius 2 is 1.70 bits per heavy atom. The molecule has 0 spiro atoms. The standard InChI is InChI=1S/C16H14F3NO3/c17-12-5-1-11(2-6-12)15(22)20-9-14(21)10-3-7-13(8-4-10)23-16(18)19/h1-8,14,16,21H,9H2,(H,20,22). The molecule has 0 saturated carbocycles. The monoisotopic (exact) mass is 325 g/mol. The molecule has 2 aromatic rings. The van der Waals surface area contributed by atoms with Crippen molar-refractivity contribution in [3.05, 3.63) is 65.5 Å². The summed E-state index contributed by atoms with van der Waals surface area (Å²) in [6.07, 6.45) is -1.01. The molecule has 0 saturated heterocycles. The number of nitrogens with one attached hydrogen (secondary N) is 1. The Morgan fingerprint density at radius 1 is 1.09 bits per heavy atom. The lowest BCUT2D eigenvalue weighted by molar-refractivity contribution is -0.0498. The van der Waals surface area contributed by atoms with Crippen LogP contribution in [0.15, 0.2) is 48.5 Å². The molecule has 7 heteroatoms. The normalized spacial score (nSPS) is 12.0. The summed E-state index contributed by atoms with van der Waals surface area (Å²) in [4.78, 5) is 11.8. The van der Waals surface area contributed by atoms with E-state index in [9.17, 15) is 23.1 Å². The Bertz CT molecular complexity index is 645. The van der Waals surface area contributed by atoms with Gasteiger partial charge in [0.05, 0.1) is 6.10 Å². The van der Waals surface area contributed by atoms with Crippen molar-refractivity contribution in [2.24, 2.45) is 0 Å². The largest absolute Gasteiger partial charge is 0.435 e. The van der Waals surface area contributed by atoms with Crippen LogP contribution in [0.2, 0.25) is 0 Å². The Labute approximate surface area is 130 Å². The third-order valence-electron chi connectivity index (χ3n) is 3.05.